The van der Waals surface area contributed by atoms with Crippen molar-refractivity contribution in [2.75, 3.05) is 19.0 Å². The fourth-order valence-corrected chi connectivity index (χ4v) is 3.50. The van der Waals surface area contributed by atoms with Crippen LogP contribution in [0.4, 0.5) is 5.69 Å². The number of ketones is 1. The summed E-state index contributed by atoms with van der Waals surface area (Å²) in [6.07, 6.45) is 0. The number of carbonyl (C=O) groups is 1. The molecule has 0 aliphatic heterocycles. The minimum absolute atomic E-state index is 0.0966. The highest BCUT2D eigenvalue weighted by Crippen LogP contribution is 2.35. The van der Waals surface area contributed by atoms with Gasteiger partial charge in [0.05, 0.1) is 0 Å². The standard InChI is InChI=1S/C24H21NO/c1-16(26)18-8-9-19-15-23(17-10-12-20(13-11-17)25(2)3)21-6-4-5-7-22(21)24(19)14-18/h4-15H,1-3H3. The van der Waals surface area contributed by atoms with Gasteiger partial charge in [-0.25, -0.2) is 0 Å². The second-order valence-corrected chi connectivity index (χ2v) is 6.90. The molecule has 0 N–H and O–H groups in total. The molecule has 2 nitrogen and oxygen atoms in total. The Kier molecular flexibility index (Phi) is 3.96. The van der Waals surface area contributed by atoms with Gasteiger partial charge in [0.25, 0.3) is 0 Å². The molecular weight excluding hydrogens is 318 g/mol. The highest BCUT2D eigenvalue weighted by Gasteiger charge is 2.10. The Balaban J connectivity index is 2.00. The molecule has 0 radical (unpaired) electrons. The van der Waals surface area contributed by atoms with Crippen molar-refractivity contribution in [1.29, 1.82) is 0 Å². The highest BCUT2D eigenvalue weighted by molar-refractivity contribution is 6.15. The lowest BCUT2D eigenvalue weighted by molar-refractivity contribution is 0.101. The van der Waals surface area contributed by atoms with Crippen LogP contribution in [-0.2, 0) is 0 Å². The fourth-order valence-electron chi connectivity index (χ4n) is 3.50. The molecule has 2 heteroatoms. The monoisotopic (exact) mass is 339 g/mol. The van der Waals surface area contributed by atoms with Crippen molar-refractivity contribution in [2.24, 2.45) is 0 Å². The zero-order valence-electron chi connectivity index (χ0n) is 15.3. The first-order valence-electron chi connectivity index (χ1n) is 8.79. The number of benzene rings is 4. The zero-order valence-corrected chi connectivity index (χ0v) is 15.3. The third-order valence-corrected chi connectivity index (χ3v) is 4.96. The average Bonchev–Trinajstić information content (AvgIpc) is 2.67. The molecule has 0 amide bonds. The topological polar surface area (TPSA) is 20.3 Å². The third kappa shape index (κ3) is 2.74. The van der Waals surface area contributed by atoms with Crippen LogP contribution in [0.5, 0.6) is 0 Å². The van der Waals surface area contributed by atoms with Gasteiger partial charge in [0, 0.05) is 25.3 Å². The molecule has 0 bridgehead atoms. The van der Waals surface area contributed by atoms with E-state index in [9.17, 15) is 4.79 Å². The molecule has 0 aliphatic rings. The molecule has 0 unspecified atom stereocenters. The summed E-state index contributed by atoms with van der Waals surface area (Å²) in [6.45, 7) is 1.62. The smallest absolute Gasteiger partial charge is 0.159 e. The summed E-state index contributed by atoms with van der Waals surface area (Å²) in [5.74, 6) is 0.0966. The van der Waals surface area contributed by atoms with Gasteiger partial charge >= 0.3 is 0 Å². The second-order valence-electron chi connectivity index (χ2n) is 6.90. The van der Waals surface area contributed by atoms with Crippen LogP contribution in [0.1, 0.15) is 17.3 Å². The first-order valence-corrected chi connectivity index (χ1v) is 8.79. The Labute approximate surface area is 153 Å². The number of hydrogen-bond acceptors (Lipinski definition) is 2. The van der Waals surface area contributed by atoms with Crippen LogP contribution in [0.15, 0.2) is 72.8 Å². The Morgan fingerprint density at radius 2 is 1.46 bits per heavy atom. The second kappa shape index (κ2) is 6.30. The van der Waals surface area contributed by atoms with E-state index in [4.69, 9.17) is 0 Å². The summed E-state index contributed by atoms with van der Waals surface area (Å²) in [6, 6.07) is 25.3. The summed E-state index contributed by atoms with van der Waals surface area (Å²) >= 11 is 0. The van der Waals surface area contributed by atoms with Gasteiger partial charge in [0.2, 0.25) is 0 Å². The van der Waals surface area contributed by atoms with E-state index in [0.29, 0.717) is 0 Å². The normalized spacial score (nSPS) is 11.0. The summed E-state index contributed by atoms with van der Waals surface area (Å²) in [5, 5.41) is 4.67. The first kappa shape index (κ1) is 16.3. The maximum atomic E-state index is 11.8. The number of Topliss-reactive ketones (excluding diaryl/α,β-unsaturated/α-hetero) is 1. The van der Waals surface area contributed by atoms with Gasteiger partial charge in [-0.15, -0.1) is 0 Å². The Bertz CT molecular complexity index is 1120. The Morgan fingerprint density at radius 1 is 0.769 bits per heavy atom. The molecule has 0 fully saturated rings. The zero-order chi connectivity index (χ0) is 18.3. The Hall–Kier alpha value is -3.13. The van der Waals surface area contributed by atoms with E-state index >= 15 is 0 Å². The van der Waals surface area contributed by atoms with Crippen LogP contribution >= 0.6 is 0 Å². The molecular formula is C24H21NO. The molecule has 26 heavy (non-hydrogen) atoms. The number of rotatable bonds is 3. The number of anilines is 1. The van der Waals surface area contributed by atoms with E-state index in [0.717, 1.165) is 16.3 Å². The fraction of sp³-hybridized carbons (Fsp3) is 0.125. The lowest BCUT2D eigenvalue weighted by atomic mass is 9.92. The minimum atomic E-state index is 0.0966. The van der Waals surface area contributed by atoms with Gasteiger partial charge in [-0.2, -0.15) is 0 Å². The molecule has 0 aliphatic carbocycles. The molecule has 128 valence electrons. The molecule has 0 aromatic heterocycles. The molecule has 4 aromatic rings. The summed E-state index contributed by atoms with van der Waals surface area (Å²) in [4.78, 5) is 13.9. The van der Waals surface area contributed by atoms with Gasteiger partial charge in [0.1, 0.15) is 0 Å². The largest absolute Gasteiger partial charge is 0.378 e. The van der Waals surface area contributed by atoms with Crippen LogP contribution in [0.25, 0.3) is 32.7 Å². The van der Waals surface area contributed by atoms with Crippen molar-refractivity contribution in [1.82, 2.24) is 0 Å². The van der Waals surface area contributed by atoms with E-state index in [1.807, 2.05) is 26.2 Å². The summed E-state index contributed by atoms with van der Waals surface area (Å²) < 4.78 is 0. The minimum Gasteiger partial charge on any atom is -0.378 e. The highest BCUT2D eigenvalue weighted by atomic mass is 16.1. The first-order chi connectivity index (χ1) is 12.5. The van der Waals surface area contributed by atoms with Crippen molar-refractivity contribution in [3.8, 4) is 11.1 Å². The summed E-state index contributed by atoms with van der Waals surface area (Å²) in [5.41, 5.74) is 4.36. The molecule has 0 saturated carbocycles. The lowest BCUT2D eigenvalue weighted by Gasteiger charge is -2.15. The van der Waals surface area contributed by atoms with E-state index in [1.165, 1.54) is 27.6 Å². The molecule has 0 spiro atoms. The predicted molar refractivity (Wildman–Crippen MR) is 111 cm³/mol. The van der Waals surface area contributed by atoms with Gasteiger partial charge in [-0.1, -0.05) is 48.5 Å². The van der Waals surface area contributed by atoms with Crippen LogP contribution in [-0.4, -0.2) is 19.9 Å². The van der Waals surface area contributed by atoms with Crippen LogP contribution in [0, 0.1) is 0 Å². The van der Waals surface area contributed by atoms with Gasteiger partial charge in [-0.3, -0.25) is 4.79 Å². The van der Waals surface area contributed by atoms with Gasteiger partial charge in [-0.05, 0) is 63.9 Å². The van der Waals surface area contributed by atoms with Crippen LogP contribution in [0.2, 0.25) is 0 Å². The van der Waals surface area contributed by atoms with Crippen molar-refractivity contribution in [3.63, 3.8) is 0 Å². The number of hydrogen-bond donors (Lipinski definition) is 0. The van der Waals surface area contributed by atoms with E-state index in [2.05, 4.69) is 65.6 Å². The van der Waals surface area contributed by atoms with E-state index in [1.54, 1.807) is 6.92 Å². The molecule has 0 atom stereocenters. The van der Waals surface area contributed by atoms with Crippen LogP contribution < -0.4 is 4.90 Å². The predicted octanol–water partition coefficient (Wildman–Crippen LogP) is 5.93. The molecule has 0 saturated heterocycles. The maximum absolute atomic E-state index is 11.8. The number of carbonyl (C=O) groups excluding carboxylic acids is 1. The van der Waals surface area contributed by atoms with Gasteiger partial charge in [0.15, 0.2) is 5.78 Å². The van der Waals surface area contributed by atoms with Crippen molar-refractivity contribution < 1.29 is 4.79 Å². The third-order valence-electron chi connectivity index (χ3n) is 4.96. The van der Waals surface area contributed by atoms with Gasteiger partial charge < -0.3 is 4.90 Å². The van der Waals surface area contributed by atoms with Crippen molar-refractivity contribution in [2.45, 2.75) is 6.92 Å². The molecule has 0 heterocycles. The molecule has 4 rings (SSSR count). The average molecular weight is 339 g/mol. The number of fused-ring (bicyclic) bond motifs is 3. The van der Waals surface area contributed by atoms with E-state index in [-0.39, 0.29) is 5.78 Å². The maximum Gasteiger partial charge on any atom is 0.159 e. The Morgan fingerprint density at radius 3 is 2.12 bits per heavy atom. The quantitative estimate of drug-likeness (QED) is 0.341. The van der Waals surface area contributed by atoms with Crippen molar-refractivity contribution >= 4 is 33.0 Å². The lowest BCUT2D eigenvalue weighted by Crippen LogP contribution is -2.07. The molecule has 4 aromatic carbocycles. The summed E-state index contributed by atoms with van der Waals surface area (Å²) in [7, 11) is 4.10. The number of nitrogens with zero attached hydrogens (tertiary/aromatic N) is 1. The van der Waals surface area contributed by atoms with Crippen LogP contribution in [0.3, 0.4) is 0 Å². The van der Waals surface area contributed by atoms with Crippen molar-refractivity contribution in [3.05, 3.63) is 78.4 Å². The van der Waals surface area contributed by atoms with E-state index < -0.39 is 0 Å². The SMILES string of the molecule is CC(=O)c1ccc2cc(-c3ccc(N(C)C)cc3)c3ccccc3c2c1.